The van der Waals surface area contributed by atoms with Crippen LogP contribution in [-0.2, 0) is 17.9 Å². The summed E-state index contributed by atoms with van der Waals surface area (Å²) in [5.41, 5.74) is 0.337. The van der Waals surface area contributed by atoms with E-state index in [9.17, 15) is 14.4 Å². The summed E-state index contributed by atoms with van der Waals surface area (Å²) in [6.07, 6.45) is 0.836. The Balaban J connectivity index is 1.64. The Labute approximate surface area is 195 Å². The molecule has 0 fully saturated rings. The van der Waals surface area contributed by atoms with E-state index < -0.39 is 5.54 Å². The highest BCUT2D eigenvalue weighted by atomic mass is 16.2. The van der Waals surface area contributed by atoms with Crippen LogP contribution in [0.15, 0.2) is 36.4 Å². The Kier molecular flexibility index (Phi) is 7.86. The van der Waals surface area contributed by atoms with E-state index in [1.54, 1.807) is 14.0 Å². The molecule has 0 spiro atoms. The van der Waals surface area contributed by atoms with Crippen LogP contribution in [-0.4, -0.2) is 76.1 Å². The first-order chi connectivity index (χ1) is 15.8. The molecule has 2 aromatic rings. The lowest BCUT2D eigenvalue weighted by Gasteiger charge is -2.40. The number of likely N-dealkylation sites (N-methyl/N-ethyl adjacent to an activating group) is 1. The number of benzene rings is 1. The molecule has 2 N–H and O–H groups in total. The van der Waals surface area contributed by atoms with Gasteiger partial charge in [0, 0.05) is 26.2 Å². The van der Waals surface area contributed by atoms with Gasteiger partial charge in [0.05, 0.1) is 6.54 Å². The van der Waals surface area contributed by atoms with E-state index in [0.717, 1.165) is 31.6 Å². The maximum Gasteiger partial charge on any atom is 0.272 e. The van der Waals surface area contributed by atoms with Crippen molar-refractivity contribution in [3.05, 3.63) is 53.3 Å². The first kappa shape index (κ1) is 24.4. The van der Waals surface area contributed by atoms with Crippen molar-refractivity contribution in [1.82, 2.24) is 30.2 Å². The molecule has 0 aliphatic carbocycles. The number of rotatable bonds is 10. The van der Waals surface area contributed by atoms with E-state index in [1.807, 2.05) is 30.3 Å². The molecule has 1 aromatic heterocycles. The molecule has 3 amide bonds. The number of aromatic nitrogens is 2. The Hall–Kier alpha value is -3.20. The van der Waals surface area contributed by atoms with E-state index in [-0.39, 0.29) is 30.0 Å². The molecule has 9 heteroatoms. The minimum atomic E-state index is -1.12. The van der Waals surface area contributed by atoms with Crippen molar-refractivity contribution >= 4 is 17.7 Å². The van der Waals surface area contributed by atoms with Gasteiger partial charge in [0.25, 0.3) is 11.8 Å². The van der Waals surface area contributed by atoms with Crippen molar-refractivity contribution in [2.45, 2.75) is 45.8 Å². The van der Waals surface area contributed by atoms with Crippen molar-refractivity contribution in [1.29, 1.82) is 0 Å². The molecule has 0 bridgehead atoms. The fraction of sp³-hybridized carbons (Fsp3) is 0.500. The average Bonchev–Trinajstić information content (AvgIpc) is 3.25. The average molecular weight is 455 g/mol. The SMILES string of the molecule is CCN(CC)CCCNC(=O)c1cc2n(n1)C[C@@](C)(C(=O)NCc1ccccc1)N(C)C2=O. The van der Waals surface area contributed by atoms with E-state index in [4.69, 9.17) is 0 Å². The quantitative estimate of drug-likeness (QED) is 0.530. The number of carbonyl (C=O) groups is 3. The second-order valence-corrected chi connectivity index (χ2v) is 8.52. The third kappa shape index (κ3) is 5.42. The lowest BCUT2D eigenvalue weighted by Crippen LogP contribution is -2.62. The molecule has 1 aliphatic rings. The van der Waals surface area contributed by atoms with Gasteiger partial charge >= 0.3 is 0 Å². The fourth-order valence-corrected chi connectivity index (χ4v) is 3.94. The highest BCUT2D eigenvalue weighted by molar-refractivity contribution is 6.01. The molecule has 1 aliphatic heterocycles. The second-order valence-electron chi connectivity index (χ2n) is 8.52. The summed E-state index contributed by atoms with van der Waals surface area (Å²) in [4.78, 5) is 42.3. The van der Waals surface area contributed by atoms with Crippen LogP contribution < -0.4 is 10.6 Å². The molecule has 9 nitrogen and oxygen atoms in total. The van der Waals surface area contributed by atoms with Crippen LogP contribution in [0.3, 0.4) is 0 Å². The number of amides is 3. The molecule has 2 heterocycles. The molecule has 1 aromatic carbocycles. The first-order valence-corrected chi connectivity index (χ1v) is 11.5. The maximum absolute atomic E-state index is 13.0. The fourth-order valence-electron chi connectivity index (χ4n) is 3.94. The highest BCUT2D eigenvalue weighted by Gasteiger charge is 2.46. The predicted molar refractivity (Wildman–Crippen MR) is 126 cm³/mol. The van der Waals surface area contributed by atoms with Crippen LogP contribution in [0, 0.1) is 0 Å². The van der Waals surface area contributed by atoms with Crippen LogP contribution >= 0.6 is 0 Å². The summed E-state index contributed by atoms with van der Waals surface area (Å²) in [5.74, 6) is -0.931. The summed E-state index contributed by atoms with van der Waals surface area (Å²) < 4.78 is 1.47. The zero-order chi connectivity index (χ0) is 24.0. The minimum Gasteiger partial charge on any atom is -0.351 e. The molecule has 0 saturated heterocycles. The highest BCUT2D eigenvalue weighted by Crippen LogP contribution is 2.26. The van der Waals surface area contributed by atoms with Gasteiger partial charge in [-0.1, -0.05) is 44.2 Å². The lowest BCUT2D eigenvalue weighted by molar-refractivity contribution is -0.132. The second kappa shape index (κ2) is 10.6. The molecule has 3 rings (SSSR count). The van der Waals surface area contributed by atoms with Crippen molar-refractivity contribution in [2.75, 3.05) is 33.2 Å². The van der Waals surface area contributed by atoms with Gasteiger partial charge in [0.15, 0.2) is 5.69 Å². The Morgan fingerprint density at radius 3 is 2.52 bits per heavy atom. The largest absolute Gasteiger partial charge is 0.351 e. The van der Waals surface area contributed by atoms with E-state index in [2.05, 4.69) is 34.5 Å². The van der Waals surface area contributed by atoms with Crippen LogP contribution in [0.4, 0.5) is 0 Å². The molecule has 178 valence electrons. The molecule has 0 radical (unpaired) electrons. The van der Waals surface area contributed by atoms with Crippen LogP contribution in [0.5, 0.6) is 0 Å². The molecule has 0 unspecified atom stereocenters. The van der Waals surface area contributed by atoms with Gasteiger partial charge in [0.1, 0.15) is 11.2 Å². The zero-order valence-corrected chi connectivity index (χ0v) is 19.9. The van der Waals surface area contributed by atoms with Gasteiger partial charge < -0.3 is 20.4 Å². The summed E-state index contributed by atoms with van der Waals surface area (Å²) in [6.45, 7) is 9.87. The van der Waals surface area contributed by atoms with Crippen molar-refractivity contribution < 1.29 is 14.4 Å². The normalized spacial score (nSPS) is 17.7. The van der Waals surface area contributed by atoms with E-state index in [0.29, 0.717) is 18.8 Å². The summed E-state index contributed by atoms with van der Waals surface area (Å²) in [6, 6.07) is 11.1. The van der Waals surface area contributed by atoms with E-state index >= 15 is 0 Å². The van der Waals surface area contributed by atoms with Gasteiger partial charge in [0.2, 0.25) is 5.91 Å². The van der Waals surface area contributed by atoms with Crippen molar-refractivity contribution in [3.63, 3.8) is 0 Å². The van der Waals surface area contributed by atoms with Crippen LogP contribution in [0.1, 0.15) is 53.7 Å². The molecular formula is C24H34N6O3. The third-order valence-electron chi connectivity index (χ3n) is 6.35. The van der Waals surface area contributed by atoms with Gasteiger partial charge in [-0.2, -0.15) is 5.10 Å². The van der Waals surface area contributed by atoms with E-state index in [1.165, 1.54) is 15.6 Å². The van der Waals surface area contributed by atoms with Crippen molar-refractivity contribution in [2.24, 2.45) is 0 Å². The topological polar surface area (TPSA) is 99.6 Å². The Bertz CT molecular complexity index is 985. The minimum absolute atomic E-state index is 0.167. The number of hydrogen-bond donors (Lipinski definition) is 2. The van der Waals surface area contributed by atoms with Gasteiger partial charge in [-0.25, -0.2) is 0 Å². The molecular weight excluding hydrogens is 420 g/mol. The number of nitrogens with zero attached hydrogens (tertiary/aromatic N) is 4. The molecule has 33 heavy (non-hydrogen) atoms. The van der Waals surface area contributed by atoms with Gasteiger partial charge in [-0.05, 0) is 38.5 Å². The lowest BCUT2D eigenvalue weighted by atomic mass is 9.96. The first-order valence-electron chi connectivity index (χ1n) is 11.5. The van der Waals surface area contributed by atoms with Crippen molar-refractivity contribution in [3.8, 4) is 0 Å². The molecule has 0 saturated carbocycles. The summed E-state index contributed by atoms with van der Waals surface area (Å²) in [5, 5.41) is 10.1. The summed E-state index contributed by atoms with van der Waals surface area (Å²) >= 11 is 0. The zero-order valence-electron chi connectivity index (χ0n) is 19.9. The smallest absolute Gasteiger partial charge is 0.272 e. The predicted octanol–water partition coefficient (Wildman–Crippen LogP) is 1.51. The van der Waals surface area contributed by atoms with Gasteiger partial charge in [-0.15, -0.1) is 0 Å². The Morgan fingerprint density at radius 1 is 1.15 bits per heavy atom. The number of carbonyl (C=O) groups excluding carboxylic acids is 3. The third-order valence-corrected chi connectivity index (χ3v) is 6.35. The number of hydrogen-bond acceptors (Lipinski definition) is 5. The van der Waals surface area contributed by atoms with Crippen LogP contribution in [0.2, 0.25) is 0 Å². The standard InChI is InChI=1S/C24H34N6O3/c1-5-29(6-2)14-10-13-25-21(31)19-15-20-22(32)28(4)24(3,17-30(20)27-19)23(33)26-16-18-11-8-7-9-12-18/h7-9,11-12,15H,5-6,10,13-14,16-17H2,1-4H3,(H,25,31)(H,26,33)/t24-/m0/s1. The number of fused-ring (bicyclic) bond motifs is 1. The Morgan fingerprint density at radius 2 is 1.85 bits per heavy atom. The number of nitrogens with one attached hydrogen (secondary N) is 2. The van der Waals surface area contributed by atoms with Crippen LogP contribution in [0.25, 0.3) is 0 Å². The summed E-state index contributed by atoms with van der Waals surface area (Å²) in [7, 11) is 1.61. The van der Waals surface area contributed by atoms with Gasteiger partial charge in [-0.3, -0.25) is 19.1 Å². The maximum atomic E-state index is 13.0. The molecule has 1 atom stereocenters. The monoisotopic (exact) mass is 454 g/mol.